The van der Waals surface area contributed by atoms with E-state index >= 15 is 0 Å². The van der Waals surface area contributed by atoms with Crippen molar-refractivity contribution in [2.45, 2.75) is 260 Å². The fourth-order valence-electron chi connectivity index (χ4n) is 8.77. The van der Waals surface area contributed by atoms with Crippen molar-refractivity contribution in [1.82, 2.24) is 26.6 Å². The van der Waals surface area contributed by atoms with E-state index in [1.165, 1.54) is 26.8 Å². The predicted molar refractivity (Wildman–Crippen MR) is 300 cm³/mol. The molecule has 0 aromatic rings. The molecule has 0 radical (unpaired) electrons. The maximum atomic E-state index is 12.4. The zero-order valence-corrected chi connectivity index (χ0v) is 53.5. The number of aliphatic carboxylic acids is 1. The summed E-state index contributed by atoms with van der Waals surface area (Å²) in [5, 5.41) is 29.7. The average Bonchev–Trinajstić information content (AvgIpc) is 3.35. The molecule has 0 saturated carbocycles. The molecule has 9 atom stereocenters. The van der Waals surface area contributed by atoms with Crippen molar-refractivity contribution in [3.8, 4) is 0 Å². The molecule has 0 spiro atoms. The molecule has 0 aromatic heterocycles. The Hall–Kier alpha value is -4.66. The number of hydrogen-bond acceptors (Lipinski definition) is 17. The number of ether oxygens (including phenoxy) is 7. The summed E-state index contributed by atoms with van der Waals surface area (Å²) in [6, 6.07) is -3.11. The SMILES string of the molecule is CCC(CC)O[C@@H]1C=C(C(=O)O)C[C@H](NC(=O)OC(C)(C)C)[C@H]1NC(C)=O.CCOC(=O)C1=C[C@@H](OC(CC)CC)[C@H](NC(C)=O)[C@@H](N)C1.CCOC(=O)C1=C[C@@H](OC(CC)CC)[C@H](NC(C)=O)[C@@H](NC(=O)OC(C)(C)C)C1.[NH-]O.[Na+]. The Morgan fingerprint density at radius 2 is 0.802 bits per heavy atom. The van der Waals surface area contributed by atoms with Crippen molar-refractivity contribution in [2.24, 2.45) is 5.73 Å². The number of nitrogens with two attached hydrogens (primary N) is 1. The minimum atomic E-state index is -1.08. The summed E-state index contributed by atoms with van der Waals surface area (Å²) in [7, 11) is 0. The molecule has 0 heterocycles. The molecule has 25 heteroatoms. The smallest absolute Gasteiger partial charge is 0.553 e. The molecular formula is C56H98N7NaO17. The van der Waals surface area contributed by atoms with E-state index < -0.39 is 77.8 Å². The average molecular weight is 1160 g/mol. The summed E-state index contributed by atoms with van der Waals surface area (Å²) in [4.78, 5) is 95.5. The number of carbonyl (C=O) groups is 8. The van der Waals surface area contributed by atoms with Gasteiger partial charge in [0.25, 0.3) is 0 Å². The van der Waals surface area contributed by atoms with E-state index in [1.807, 2.05) is 41.5 Å². The first kappa shape index (κ1) is 78.4. The van der Waals surface area contributed by atoms with Crippen LogP contribution in [0.25, 0.3) is 5.90 Å². The van der Waals surface area contributed by atoms with Crippen LogP contribution in [0.3, 0.4) is 0 Å². The molecule has 3 aliphatic carbocycles. The summed E-state index contributed by atoms with van der Waals surface area (Å²) < 4.78 is 39.1. The molecule has 0 unspecified atom stereocenters. The van der Waals surface area contributed by atoms with Crippen LogP contribution in [0.15, 0.2) is 34.9 Å². The Morgan fingerprint density at radius 3 is 1.09 bits per heavy atom. The molecule has 3 rings (SSSR count). The molecule has 10 N–H and O–H groups in total. The Morgan fingerprint density at radius 1 is 0.519 bits per heavy atom. The molecule has 5 amide bonds. The number of esters is 2. The minimum absolute atomic E-state index is 0. The van der Waals surface area contributed by atoms with Crippen LogP contribution in [0.5, 0.6) is 0 Å². The second-order valence-corrected chi connectivity index (χ2v) is 21.4. The van der Waals surface area contributed by atoms with E-state index in [2.05, 4.69) is 26.6 Å². The van der Waals surface area contributed by atoms with Crippen molar-refractivity contribution in [3.05, 3.63) is 40.8 Å². The van der Waals surface area contributed by atoms with Crippen molar-refractivity contribution in [1.29, 1.82) is 0 Å². The second kappa shape index (κ2) is 39.8. The number of amides is 5. The molecule has 0 fully saturated rings. The second-order valence-electron chi connectivity index (χ2n) is 21.4. The molecule has 0 aliphatic heterocycles. The van der Waals surface area contributed by atoms with Gasteiger partial charge in [-0.15, -0.1) is 0 Å². The van der Waals surface area contributed by atoms with Gasteiger partial charge in [0.2, 0.25) is 17.7 Å². The van der Waals surface area contributed by atoms with E-state index in [4.69, 9.17) is 50.0 Å². The topological polar surface area (TPSA) is 352 Å². The van der Waals surface area contributed by atoms with Gasteiger partial charge < -0.3 is 81.7 Å². The van der Waals surface area contributed by atoms with Crippen LogP contribution in [0, 0.1) is 0 Å². The number of alkyl carbamates (subject to hydrolysis) is 2. The summed E-state index contributed by atoms with van der Waals surface area (Å²) in [5.41, 5.74) is 5.85. The van der Waals surface area contributed by atoms with Crippen LogP contribution < -0.4 is 61.9 Å². The van der Waals surface area contributed by atoms with Gasteiger partial charge in [-0.25, -0.2) is 24.0 Å². The first-order chi connectivity index (χ1) is 37.4. The molecule has 460 valence electrons. The number of carboxylic acids is 1. The molecule has 81 heavy (non-hydrogen) atoms. The Balaban J connectivity index is 0. The van der Waals surface area contributed by atoms with E-state index in [0.717, 1.165) is 38.5 Å². The number of hydrogen-bond donors (Lipinski definition) is 8. The van der Waals surface area contributed by atoms with Crippen LogP contribution in [0.4, 0.5) is 9.59 Å². The van der Waals surface area contributed by atoms with E-state index in [1.54, 1.807) is 67.5 Å². The first-order valence-corrected chi connectivity index (χ1v) is 27.8. The van der Waals surface area contributed by atoms with Crippen molar-refractivity contribution in [2.75, 3.05) is 13.2 Å². The van der Waals surface area contributed by atoms with E-state index in [0.29, 0.717) is 24.2 Å². The Bertz CT molecular complexity index is 2070. The summed E-state index contributed by atoms with van der Waals surface area (Å²) >= 11 is 0. The van der Waals surface area contributed by atoms with Crippen LogP contribution in [0.1, 0.15) is 175 Å². The Labute approximate surface area is 502 Å². The van der Waals surface area contributed by atoms with E-state index in [-0.39, 0.29) is 109 Å². The molecule has 24 nitrogen and oxygen atoms in total. The third-order valence-electron chi connectivity index (χ3n) is 12.5. The normalized spacial score (nSPS) is 22.3. The third kappa shape index (κ3) is 30.5. The van der Waals surface area contributed by atoms with Crippen molar-refractivity contribution in [3.63, 3.8) is 0 Å². The summed E-state index contributed by atoms with van der Waals surface area (Å²) in [6.07, 6.45) is 7.35. The molecular weight excluding hydrogens is 1070 g/mol. The fourth-order valence-corrected chi connectivity index (χ4v) is 8.77. The van der Waals surface area contributed by atoms with Crippen LogP contribution in [-0.2, 0) is 61.9 Å². The van der Waals surface area contributed by atoms with Gasteiger partial charge in [0.05, 0.1) is 80.0 Å². The largest absolute Gasteiger partial charge is 1.00 e. The molecule has 3 aliphatic rings. The zero-order chi connectivity index (χ0) is 61.7. The maximum Gasteiger partial charge on any atom is 1.00 e. The number of carbonyl (C=O) groups excluding carboxylic acids is 7. The summed E-state index contributed by atoms with van der Waals surface area (Å²) in [6.45, 7) is 30.8. The van der Waals surface area contributed by atoms with Crippen LogP contribution in [-0.4, -0.2) is 155 Å². The van der Waals surface area contributed by atoms with Crippen molar-refractivity contribution >= 4 is 47.8 Å². The number of carboxylic acid groups (broad SMARTS) is 1. The van der Waals surface area contributed by atoms with Gasteiger partial charge in [-0.3, -0.25) is 14.4 Å². The van der Waals surface area contributed by atoms with Gasteiger partial charge in [0.15, 0.2) is 0 Å². The van der Waals surface area contributed by atoms with Gasteiger partial charge in [-0.1, -0.05) is 41.5 Å². The van der Waals surface area contributed by atoms with Crippen molar-refractivity contribution < 1.29 is 111 Å². The quantitative estimate of drug-likeness (QED) is 0.0329. The molecule has 0 bridgehead atoms. The standard InChI is InChI=1S/C21H36N2O6.C19H32N2O6.C16H28N2O4.H2NO.Na/c1-8-15(9-2)28-17-12-14(19(25)27-10-3)11-16(18(17)22-13(4)24)23-20(26)29-21(5,6)7;1-7-13(8-2)26-15-10-12(17(23)24)9-14(16(15)20-11(3)22)21-18(25)27-19(4,5)6;1-5-12(6-2)22-14-9-11(16(20)21-7-3)8-13(17)15(14)18-10(4)19;1-2;/h12,15-18H,8-11H2,1-7H3,(H,22,24)(H,23,26);10,13-16H,7-9H2,1-6H3,(H,20,22)(H,21,25)(H,23,24);9,12-15H,5-8,17H2,1-4H3,(H,18,19);1-2H;/q;;;-1;+1/t16-,17+,18+;14-,15+,16+;13-,14+,15+;;/m000../s1. The zero-order valence-electron chi connectivity index (χ0n) is 51.5. The van der Waals surface area contributed by atoms with Gasteiger partial charge in [-0.2, -0.15) is 0 Å². The van der Waals surface area contributed by atoms with Gasteiger partial charge in [-0.05, 0) is 119 Å². The number of rotatable bonds is 22. The van der Waals surface area contributed by atoms with Crippen LogP contribution in [0.2, 0.25) is 0 Å². The summed E-state index contributed by atoms with van der Waals surface area (Å²) in [5.74, 6) is 2.15. The van der Waals surface area contributed by atoms with Crippen LogP contribution >= 0.6 is 0 Å². The van der Waals surface area contributed by atoms with Gasteiger partial charge >= 0.3 is 59.7 Å². The van der Waals surface area contributed by atoms with E-state index in [9.17, 15) is 43.5 Å². The monoisotopic (exact) mass is 1160 g/mol. The fraction of sp³-hybridized carbons (Fsp3) is 0.750. The Kier molecular flexibility index (Phi) is 38.5. The van der Waals surface area contributed by atoms with Gasteiger partial charge in [0, 0.05) is 56.4 Å². The minimum Gasteiger partial charge on any atom is -0.553 e. The molecule has 0 saturated heterocycles. The maximum absolute atomic E-state index is 12.4. The predicted octanol–water partition coefficient (Wildman–Crippen LogP) is 3.94. The number of nitrogens with one attached hydrogen (secondary N) is 6. The first-order valence-electron chi connectivity index (χ1n) is 27.8. The molecule has 0 aromatic carbocycles. The third-order valence-corrected chi connectivity index (χ3v) is 12.5. The van der Waals surface area contributed by atoms with Gasteiger partial charge in [0.1, 0.15) is 11.2 Å².